The first-order valence-corrected chi connectivity index (χ1v) is 6.97. The molecule has 0 saturated heterocycles. The van der Waals surface area contributed by atoms with Crippen LogP contribution >= 0.6 is 0 Å². The maximum Gasteiger partial charge on any atom is 0.131 e. The number of ether oxygens (including phenoxy) is 1. The summed E-state index contributed by atoms with van der Waals surface area (Å²) >= 11 is 0. The lowest BCUT2D eigenvalue weighted by molar-refractivity contribution is 0.134. The van der Waals surface area contributed by atoms with Crippen LogP contribution in [0.1, 0.15) is 23.6 Å². The van der Waals surface area contributed by atoms with Crippen LogP contribution in [0.2, 0.25) is 0 Å². The van der Waals surface area contributed by atoms with Crippen molar-refractivity contribution in [3.63, 3.8) is 0 Å². The molecule has 1 N–H and O–H groups in total. The van der Waals surface area contributed by atoms with Crippen LogP contribution in [0.15, 0.2) is 36.4 Å². The molecule has 0 unspecified atom stereocenters. The van der Waals surface area contributed by atoms with E-state index in [1.807, 2.05) is 37.3 Å². The van der Waals surface area contributed by atoms with Crippen LogP contribution in [0.25, 0.3) is 11.1 Å². The standard InChI is InChI=1S/C17H18FNO/c1-2-19-9-12-3-6-16(17(18)7-12)13-4-5-14-10-20-11-15(14)8-13/h3-8,19H,2,9-11H2,1H3. The van der Waals surface area contributed by atoms with Crippen molar-refractivity contribution in [3.05, 3.63) is 58.9 Å². The van der Waals surface area contributed by atoms with E-state index < -0.39 is 0 Å². The van der Waals surface area contributed by atoms with Crippen LogP contribution < -0.4 is 5.32 Å². The second-order valence-electron chi connectivity index (χ2n) is 5.07. The molecule has 0 saturated carbocycles. The van der Waals surface area contributed by atoms with Crippen LogP contribution in [-0.4, -0.2) is 6.54 Å². The zero-order chi connectivity index (χ0) is 13.9. The minimum atomic E-state index is -0.167. The summed E-state index contributed by atoms with van der Waals surface area (Å²) in [7, 11) is 0. The molecule has 0 fully saturated rings. The predicted molar refractivity (Wildman–Crippen MR) is 77.7 cm³/mol. The van der Waals surface area contributed by atoms with Gasteiger partial charge in [-0.3, -0.25) is 0 Å². The highest BCUT2D eigenvalue weighted by Crippen LogP contribution is 2.29. The molecular weight excluding hydrogens is 253 g/mol. The third kappa shape index (κ3) is 2.60. The van der Waals surface area contributed by atoms with Crippen molar-refractivity contribution < 1.29 is 9.13 Å². The first-order valence-electron chi connectivity index (χ1n) is 6.97. The van der Waals surface area contributed by atoms with Gasteiger partial charge in [-0.15, -0.1) is 0 Å². The molecule has 0 aromatic heterocycles. The van der Waals surface area contributed by atoms with Gasteiger partial charge in [-0.1, -0.05) is 31.2 Å². The average Bonchev–Trinajstić information content (AvgIpc) is 2.92. The second-order valence-corrected chi connectivity index (χ2v) is 5.07. The number of halogens is 1. The Hall–Kier alpha value is -1.71. The Kier molecular flexibility index (Phi) is 3.81. The second kappa shape index (κ2) is 5.73. The Balaban J connectivity index is 1.90. The fourth-order valence-corrected chi connectivity index (χ4v) is 2.51. The Bertz CT molecular complexity index is 624. The van der Waals surface area contributed by atoms with Gasteiger partial charge in [0.1, 0.15) is 5.82 Å². The molecule has 1 heterocycles. The van der Waals surface area contributed by atoms with E-state index in [-0.39, 0.29) is 5.82 Å². The Labute approximate surface area is 118 Å². The summed E-state index contributed by atoms with van der Waals surface area (Å²) in [5, 5.41) is 3.20. The largest absolute Gasteiger partial charge is 0.372 e. The highest BCUT2D eigenvalue weighted by atomic mass is 19.1. The van der Waals surface area contributed by atoms with Crippen LogP contribution in [0.3, 0.4) is 0 Å². The monoisotopic (exact) mass is 271 g/mol. The summed E-state index contributed by atoms with van der Waals surface area (Å²) in [5.41, 5.74) is 4.91. The number of benzene rings is 2. The van der Waals surface area contributed by atoms with Gasteiger partial charge in [-0.2, -0.15) is 0 Å². The molecular formula is C17H18FNO. The fraction of sp³-hybridized carbons (Fsp3) is 0.294. The quantitative estimate of drug-likeness (QED) is 0.916. The van der Waals surface area contributed by atoms with Gasteiger partial charge in [0.25, 0.3) is 0 Å². The first-order chi connectivity index (χ1) is 9.78. The van der Waals surface area contributed by atoms with E-state index in [0.29, 0.717) is 25.3 Å². The van der Waals surface area contributed by atoms with Crippen molar-refractivity contribution in [2.75, 3.05) is 6.54 Å². The van der Waals surface area contributed by atoms with Gasteiger partial charge in [0.15, 0.2) is 0 Å². The molecule has 0 aliphatic carbocycles. The van der Waals surface area contributed by atoms with Crippen molar-refractivity contribution in [3.8, 4) is 11.1 Å². The number of hydrogen-bond acceptors (Lipinski definition) is 2. The summed E-state index contributed by atoms with van der Waals surface area (Å²) in [4.78, 5) is 0. The summed E-state index contributed by atoms with van der Waals surface area (Å²) in [6, 6.07) is 11.5. The lowest BCUT2D eigenvalue weighted by Gasteiger charge is -2.08. The fourth-order valence-electron chi connectivity index (χ4n) is 2.51. The van der Waals surface area contributed by atoms with Crippen molar-refractivity contribution >= 4 is 0 Å². The maximum atomic E-state index is 14.3. The van der Waals surface area contributed by atoms with Gasteiger partial charge in [0.05, 0.1) is 13.2 Å². The summed E-state index contributed by atoms with van der Waals surface area (Å²) < 4.78 is 19.7. The lowest BCUT2D eigenvalue weighted by atomic mass is 9.99. The normalized spacial score (nSPS) is 13.5. The molecule has 3 rings (SSSR count). The van der Waals surface area contributed by atoms with Crippen LogP contribution in [0, 0.1) is 5.82 Å². The first kappa shape index (κ1) is 13.3. The minimum Gasteiger partial charge on any atom is -0.372 e. The Morgan fingerprint density at radius 2 is 1.95 bits per heavy atom. The molecule has 0 atom stereocenters. The molecule has 1 aliphatic heterocycles. The Morgan fingerprint density at radius 1 is 1.10 bits per heavy atom. The summed E-state index contributed by atoms with van der Waals surface area (Å²) in [6.07, 6.45) is 0. The molecule has 2 aromatic carbocycles. The van der Waals surface area contributed by atoms with Gasteiger partial charge < -0.3 is 10.1 Å². The average molecular weight is 271 g/mol. The SMILES string of the molecule is CCNCc1ccc(-c2ccc3c(c2)COC3)c(F)c1. The molecule has 0 radical (unpaired) electrons. The minimum absolute atomic E-state index is 0.167. The van der Waals surface area contributed by atoms with E-state index in [1.165, 1.54) is 11.1 Å². The van der Waals surface area contributed by atoms with E-state index in [1.54, 1.807) is 6.07 Å². The van der Waals surface area contributed by atoms with Crippen LogP contribution in [-0.2, 0) is 24.5 Å². The molecule has 3 heteroatoms. The molecule has 20 heavy (non-hydrogen) atoms. The van der Waals surface area contributed by atoms with E-state index in [2.05, 4.69) is 5.32 Å². The number of hydrogen-bond donors (Lipinski definition) is 1. The highest BCUT2D eigenvalue weighted by molar-refractivity contribution is 5.66. The van der Waals surface area contributed by atoms with Gasteiger partial charge >= 0.3 is 0 Å². The zero-order valence-electron chi connectivity index (χ0n) is 11.6. The van der Waals surface area contributed by atoms with Crippen molar-refractivity contribution in [2.45, 2.75) is 26.7 Å². The van der Waals surface area contributed by atoms with E-state index >= 15 is 0 Å². The third-order valence-electron chi connectivity index (χ3n) is 3.65. The van der Waals surface area contributed by atoms with Crippen molar-refractivity contribution in [1.29, 1.82) is 0 Å². The molecule has 1 aliphatic rings. The zero-order valence-corrected chi connectivity index (χ0v) is 11.6. The van der Waals surface area contributed by atoms with E-state index in [9.17, 15) is 4.39 Å². The lowest BCUT2D eigenvalue weighted by Crippen LogP contribution is -2.11. The van der Waals surface area contributed by atoms with Crippen LogP contribution in [0.5, 0.6) is 0 Å². The van der Waals surface area contributed by atoms with E-state index in [4.69, 9.17) is 4.74 Å². The van der Waals surface area contributed by atoms with Crippen molar-refractivity contribution in [2.24, 2.45) is 0 Å². The number of nitrogens with one attached hydrogen (secondary N) is 1. The summed E-state index contributed by atoms with van der Waals surface area (Å²) in [6.45, 7) is 4.92. The molecule has 0 bridgehead atoms. The maximum absolute atomic E-state index is 14.3. The molecule has 2 aromatic rings. The molecule has 104 valence electrons. The topological polar surface area (TPSA) is 21.3 Å². The Morgan fingerprint density at radius 3 is 2.75 bits per heavy atom. The van der Waals surface area contributed by atoms with Gasteiger partial charge in [0.2, 0.25) is 0 Å². The number of rotatable bonds is 4. The smallest absolute Gasteiger partial charge is 0.131 e. The molecule has 0 amide bonds. The highest BCUT2D eigenvalue weighted by Gasteiger charge is 2.13. The molecule has 2 nitrogen and oxygen atoms in total. The number of fused-ring (bicyclic) bond motifs is 1. The predicted octanol–water partition coefficient (Wildman–Crippen LogP) is 3.63. The van der Waals surface area contributed by atoms with Gasteiger partial charge in [-0.05, 0) is 40.9 Å². The van der Waals surface area contributed by atoms with Gasteiger partial charge in [0, 0.05) is 12.1 Å². The van der Waals surface area contributed by atoms with E-state index in [0.717, 1.165) is 17.7 Å². The molecule has 0 spiro atoms. The van der Waals surface area contributed by atoms with Gasteiger partial charge in [-0.25, -0.2) is 4.39 Å². The van der Waals surface area contributed by atoms with Crippen molar-refractivity contribution in [1.82, 2.24) is 5.32 Å². The van der Waals surface area contributed by atoms with Crippen LogP contribution in [0.4, 0.5) is 4.39 Å². The third-order valence-corrected chi connectivity index (χ3v) is 3.65. The summed E-state index contributed by atoms with van der Waals surface area (Å²) in [5.74, 6) is -0.167.